The molecule has 1 aromatic carbocycles. The molecule has 0 bridgehead atoms. The molecule has 1 heterocycles. The van der Waals surface area contributed by atoms with Crippen molar-refractivity contribution in [2.24, 2.45) is 5.41 Å². The van der Waals surface area contributed by atoms with E-state index in [1.807, 2.05) is 30.3 Å². The van der Waals surface area contributed by atoms with Crippen molar-refractivity contribution in [2.75, 3.05) is 17.3 Å². The van der Waals surface area contributed by atoms with Crippen molar-refractivity contribution in [3.63, 3.8) is 0 Å². The molecular formula is C18H27NO3S2. The average molecular weight is 370 g/mol. The third-order valence-corrected chi connectivity index (χ3v) is 7.28. The number of carbonyl (C=O) groups is 1. The highest BCUT2D eigenvalue weighted by atomic mass is 32.2. The van der Waals surface area contributed by atoms with Crippen molar-refractivity contribution in [1.29, 1.82) is 0 Å². The molecule has 1 aromatic rings. The number of thioether (sulfide) groups is 1. The molecule has 0 spiro atoms. The van der Waals surface area contributed by atoms with E-state index in [0.29, 0.717) is 12.2 Å². The van der Waals surface area contributed by atoms with Gasteiger partial charge in [0, 0.05) is 5.25 Å². The van der Waals surface area contributed by atoms with Crippen LogP contribution in [-0.2, 0) is 14.6 Å². The molecule has 4 nitrogen and oxygen atoms in total. The first-order valence-corrected chi connectivity index (χ1v) is 11.2. The Labute approximate surface area is 149 Å². The van der Waals surface area contributed by atoms with Gasteiger partial charge in [0.25, 0.3) is 0 Å². The first kappa shape index (κ1) is 19.3. The number of nitrogens with one attached hydrogen (secondary N) is 1. The van der Waals surface area contributed by atoms with Crippen molar-refractivity contribution in [1.82, 2.24) is 5.32 Å². The number of benzene rings is 1. The molecule has 1 aliphatic heterocycles. The maximum absolute atomic E-state index is 12.3. The van der Waals surface area contributed by atoms with Gasteiger partial charge in [0.2, 0.25) is 5.91 Å². The van der Waals surface area contributed by atoms with E-state index in [2.05, 4.69) is 26.1 Å². The van der Waals surface area contributed by atoms with Gasteiger partial charge in [-0.15, -0.1) is 11.8 Å². The molecule has 6 heteroatoms. The molecule has 0 aliphatic carbocycles. The number of hydrogen-bond donors (Lipinski definition) is 1. The number of hydrogen-bond acceptors (Lipinski definition) is 4. The van der Waals surface area contributed by atoms with Crippen LogP contribution < -0.4 is 5.32 Å². The number of amides is 1. The summed E-state index contributed by atoms with van der Waals surface area (Å²) in [5.41, 5.74) is 1.20. The summed E-state index contributed by atoms with van der Waals surface area (Å²) < 4.78 is 23.0. The Balaban J connectivity index is 1.92. The van der Waals surface area contributed by atoms with Gasteiger partial charge in [-0.2, -0.15) is 0 Å². The van der Waals surface area contributed by atoms with Crippen LogP contribution >= 0.6 is 11.8 Å². The molecule has 1 N–H and O–H groups in total. The van der Waals surface area contributed by atoms with Crippen LogP contribution in [0.4, 0.5) is 0 Å². The SMILES string of the molecule is CC(C)(C)C[C@@H](NC(=O)CS[C@@H]1CCS(=O)(=O)C1)c1ccccc1. The minimum atomic E-state index is -2.89. The third-order valence-electron chi connectivity index (χ3n) is 3.99. The Morgan fingerprint density at radius 3 is 2.50 bits per heavy atom. The van der Waals surface area contributed by atoms with Crippen LogP contribution in [0, 0.1) is 5.41 Å². The van der Waals surface area contributed by atoms with Crippen molar-refractivity contribution in [3.05, 3.63) is 35.9 Å². The van der Waals surface area contributed by atoms with E-state index >= 15 is 0 Å². The summed E-state index contributed by atoms with van der Waals surface area (Å²) in [6.45, 7) is 6.48. The first-order valence-electron chi connectivity index (χ1n) is 8.31. The summed E-state index contributed by atoms with van der Waals surface area (Å²) in [5, 5.41) is 3.18. The zero-order valence-corrected chi connectivity index (χ0v) is 16.3. The van der Waals surface area contributed by atoms with Gasteiger partial charge in [-0.1, -0.05) is 51.1 Å². The number of carbonyl (C=O) groups excluding carboxylic acids is 1. The molecule has 1 fully saturated rings. The van der Waals surface area contributed by atoms with Crippen molar-refractivity contribution < 1.29 is 13.2 Å². The number of sulfone groups is 1. The predicted molar refractivity (Wildman–Crippen MR) is 101 cm³/mol. The van der Waals surface area contributed by atoms with Crippen LogP contribution in [0.3, 0.4) is 0 Å². The Morgan fingerprint density at radius 2 is 1.96 bits per heavy atom. The van der Waals surface area contributed by atoms with E-state index in [0.717, 1.165) is 12.0 Å². The van der Waals surface area contributed by atoms with E-state index in [9.17, 15) is 13.2 Å². The zero-order chi connectivity index (χ0) is 17.8. The van der Waals surface area contributed by atoms with E-state index in [4.69, 9.17) is 0 Å². The van der Waals surface area contributed by atoms with Crippen molar-refractivity contribution >= 4 is 27.5 Å². The van der Waals surface area contributed by atoms with Gasteiger partial charge in [0.05, 0.1) is 23.3 Å². The second-order valence-corrected chi connectivity index (χ2v) is 11.1. The Bertz CT molecular complexity index is 651. The lowest BCUT2D eigenvalue weighted by Gasteiger charge is -2.27. The fourth-order valence-electron chi connectivity index (χ4n) is 2.87. The fraction of sp³-hybridized carbons (Fsp3) is 0.611. The van der Waals surface area contributed by atoms with Gasteiger partial charge in [0.15, 0.2) is 9.84 Å². The summed E-state index contributed by atoms with van der Waals surface area (Å²) >= 11 is 1.46. The molecule has 24 heavy (non-hydrogen) atoms. The van der Waals surface area contributed by atoms with Crippen molar-refractivity contribution in [2.45, 2.75) is 44.9 Å². The van der Waals surface area contributed by atoms with E-state index in [1.165, 1.54) is 11.8 Å². The van der Waals surface area contributed by atoms with Gasteiger partial charge in [-0.3, -0.25) is 4.79 Å². The Morgan fingerprint density at radius 1 is 1.29 bits per heavy atom. The molecule has 134 valence electrons. The van der Waals surface area contributed by atoms with Gasteiger partial charge in [0.1, 0.15) is 0 Å². The lowest BCUT2D eigenvalue weighted by Crippen LogP contribution is -2.33. The van der Waals surface area contributed by atoms with E-state index < -0.39 is 9.84 Å². The third kappa shape index (κ3) is 6.48. The number of rotatable bonds is 6. The molecule has 2 atom stereocenters. The van der Waals surface area contributed by atoms with Crippen LogP contribution in [0.15, 0.2) is 30.3 Å². The van der Waals surface area contributed by atoms with Gasteiger partial charge in [-0.25, -0.2) is 8.42 Å². The molecule has 1 aliphatic rings. The highest BCUT2D eigenvalue weighted by molar-refractivity contribution is 8.02. The van der Waals surface area contributed by atoms with Gasteiger partial charge in [-0.05, 0) is 23.8 Å². The molecule has 0 radical (unpaired) electrons. The minimum Gasteiger partial charge on any atom is -0.349 e. The van der Waals surface area contributed by atoms with Crippen LogP contribution in [0.5, 0.6) is 0 Å². The van der Waals surface area contributed by atoms with Crippen LogP contribution in [-0.4, -0.2) is 36.8 Å². The quantitative estimate of drug-likeness (QED) is 0.836. The van der Waals surface area contributed by atoms with Crippen molar-refractivity contribution in [3.8, 4) is 0 Å². The molecule has 1 saturated heterocycles. The fourth-order valence-corrected chi connectivity index (χ4v) is 6.33. The zero-order valence-electron chi connectivity index (χ0n) is 14.6. The summed E-state index contributed by atoms with van der Waals surface area (Å²) in [6.07, 6.45) is 1.51. The van der Waals surface area contributed by atoms with E-state index in [1.54, 1.807) is 0 Å². The van der Waals surface area contributed by atoms with E-state index in [-0.39, 0.29) is 34.1 Å². The highest BCUT2D eigenvalue weighted by Gasteiger charge is 2.29. The smallest absolute Gasteiger partial charge is 0.230 e. The standard InChI is InChI=1S/C18H27NO3S2/c1-18(2,3)11-16(14-7-5-4-6-8-14)19-17(20)12-23-15-9-10-24(21,22)13-15/h4-8,15-16H,9-13H2,1-3H3,(H,19,20)/t15-,16-/m1/s1. The van der Waals surface area contributed by atoms with Crippen LogP contribution in [0.25, 0.3) is 0 Å². The molecule has 0 aromatic heterocycles. The first-order chi connectivity index (χ1) is 11.1. The lowest BCUT2D eigenvalue weighted by molar-refractivity contribution is -0.119. The molecule has 1 amide bonds. The molecule has 0 unspecified atom stereocenters. The van der Waals surface area contributed by atoms with Gasteiger partial charge < -0.3 is 5.32 Å². The summed E-state index contributed by atoms with van der Waals surface area (Å²) in [5.74, 6) is 0.744. The molecular weight excluding hydrogens is 342 g/mol. The normalized spacial score (nSPS) is 21.4. The summed E-state index contributed by atoms with van der Waals surface area (Å²) in [4.78, 5) is 12.3. The average Bonchev–Trinajstić information content (AvgIpc) is 2.83. The highest BCUT2D eigenvalue weighted by Crippen LogP contribution is 2.30. The lowest BCUT2D eigenvalue weighted by atomic mass is 9.85. The second-order valence-electron chi connectivity index (χ2n) is 7.63. The van der Waals surface area contributed by atoms with Crippen LogP contribution in [0.2, 0.25) is 0 Å². The van der Waals surface area contributed by atoms with Crippen LogP contribution in [0.1, 0.15) is 45.2 Å². The largest absolute Gasteiger partial charge is 0.349 e. The summed E-state index contributed by atoms with van der Waals surface area (Å²) in [7, 11) is -2.89. The monoisotopic (exact) mass is 369 g/mol. The molecule has 2 rings (SSSR count). The van der Waals surface area contributed by atoms with Gasteiger partial charge >= 0.3 is 0 Å². The molecule has 0 saturated carbocycles. The second kappa shape index (κ2) is 7.91. The topological polar surface area (TPSA) is 63.2 Å². The maximum Gasteiger partial charge on any atom is 0.230 e. The Kier molecular flexibility index (Phi) is 6.37. The Hall–Kier alpha value is -1.01. The minimum absolute atomic E-state index is 0.0217. The summed E-state index contributed by atoms with van der Waals surface area (Å²) in [6, 6.07) is 9.98. The maximum atomic E-state index is 12.3. The predicted octanol–water partition coefficient (Wildman–Crippen LogP) is 3.20.